The number of ether oxygens (including phenoxy) is 3. The third-order valence-electron chi connectivity index (χ3n) is 8.78. The second-order valence-electron chi connectivity index (χ2n) is 11.8. The van der Waals surface area contributed by atoms with Crippen molar-refractivity contribution in [2.75, 3.05) is 0 Å². The quantitative estimate of drug-likeness (QED) is 0.336. The summed E-state index contributed by atoms with van der Waals surface area (Å²) in [6.07, 6.45) is 5.25. The molecule has 3 aliphatic heterocycles. The molecule has 0 bridgehead atoms. The molecule has 0 N–H and O–H groups in total. The molecule has 0 radical (unpaired) electrons. The summed E-state index contributed by atoms with van der Waals surface area (Å²) in [4.78, 5) is 2.43. The van der Waals surface area contributed by atoms with Crippen LogP contribution in [0, 0.1) is 0 Å². The van der Waals surface area contributed by atoms with Gasteiger partial charge in [-0.05, 0) is 76.0 Å². The van der Waals surface area contributed by atoms with E-state index in [0.717, 1.165) is 38.5 Å². The maximum absolute atomic E-state index is 6.96. The molecule has 6 atom stereocenters. The number of hydrogen-bond donors (Lipinski definition) is 0. The van der Waals surface area contributed by atoms with E-state index in [1.165, 1.54) is 16.7 Å². The van der Waals surface area contributed by atoms with Crippen LogP contribution < -0.4 is 0 Å². The molecule has 0 saturated carbocycles. The highest BCUT2D eigenvalue weighted by Crippen LogP contribution is 2.57. The molecule has 3 saturated heterocycles. The van der Waals surface area contributed by atoms with Crippen LogP contribution in [0.4, 0.5) is 0 Å². The normalized spacial score (nSPS) is 34.6. The van der Waals surface area contributed by atoms with Gasteiger partial charge in [-0.2, -0.15) is 0 Å². The Morgan fingerprint density at radius 1 is 0.486 bits per heavy atom. The van der Waals surface area contributed by atoms with Crippen molar-refractivity contribution in [1.82, 2.24) is 4.90 Å². The van der Waals surface area contributed by atoms with Crippen LogP contribution in [0.2, 0.25) is 0 Å². The molecule has 0 unspecified atom stereocenters. The Hall–Kier alpha value is -2.50. The largest absolute Gasteiger partial charge is 0.350 e. The molecule has 0 aliphatic carbocycles. The van der Waals surface area contributed by atoms with Crippen molar-refractivity contribution < 1.29 is 14.2 Å². The third kappa shape index (κ3) is 4.66. The molecule has 0 aromatic heterocycles. The van der Waals surface area contributed by atoms with Crippen LogP contribution in [0.5, 0.6) is 0 Å². The van der Waals surface area contributed by atoms with Crippen LogP contribution in [0.15, 0.2) is 91.0 Å². The lowest BCUT2D eigenvalue weighted by atomic mass is 9.95. The Morgan fingerprint density at radius 2 is 0.757 bits per heavy atom. The van der Waals surface area contributed by atoms with E-state index in [1.54, 1.807) is 0 Å². The molecule has 0 amide bonds. The maximum atomic E-state index is 6.96. The minimum Gasteiger partial charge on any atom is -0.350 e. The standard InChI is InChI=1S/C33H39NO3/c1-31(22-19-25-13-7-4-8-14-25)28-34-29(35-31)32(2,23-20-26-15-9-5-10-16-26)37-30(34)33(3,36-28)24-21-27-17-11-6-12-18-27/h4-18,28-30H,19-24H2,1-3H3/t28-,29-,30-,31-,32+,33+/m0/s1. The molecule has 37 heavy (non-hydrogen) atoms. The molecule has 0 spiro atoms. The van der Waals surface area contributed by atoms with Gasteiger partial charge in [0.15, 0.2) is 0 Å². The van der Waals surface area contributed by atoms with E-state index in [1.807, 2.05) is 0 Å². The minimum atomic E-state index is -0.402. The van der Waals surface area contributed by atoms with Crippen LogP contribution in [-0.4, -0.2) is 40.4 Å². The lowest BCUT2D eigenvalue weighted by Crippen LogP contribution is -2.42. The van der Waals surface area contributed by atoms with Crippen LogP contribution in [-0.2, 0) is 33.5 Å². The number of rotatable bonds is 9. The molecule has 3 aliphatic rings. The van der Waals surface area contributed by atoms with Gasteiger partial charge < -0.3 is 14.2 Å². The van der Waals surface area contributed by atoms with E-state index in [9.17, 15) is 0 Å². The summed E-state index contributed by atoms with van der Waals surface area (Å²) >= 11 is 0. The Bertz CT molecular complexity index is 1040. The fourth-order valence-corrected chi connectivity index (χ4v) is 6.47. The molecular formula is C33H39NO3. The van der Waals surface area contributed by atoms with Gasteiger partial charge in [0.25, 0.3) is 0 Å². The highest BCUT2D eigenvalue weighted by atomic mass is 16.7. The summed E-state index contributed by atoms with van der Waals surface area (Å²) in [6, 6.07) is 32.1. The molecular weight excluding hydrogens is 458 g/mol. The van der Waals surface area contributed by atoms with Gasteiger partial charge in [-0.1, -0.05) is 91.0 Å². The zero-order chi connectivity index (χ0) is 25.5. The number of hydrogen-bond acceptors (Lipinski definition) is 4. The van der Waals surface area contributed by atoms with Crippen molar-refractivity contribution in [2.24, 2.45) is 0 Å². The van der Waals surface area contributed by atoms with E-state index < -0.39 is 16.8 Å². The third-order valence-corrected chi connectivity index (χ3v) is 8.78. The van der Waals surface area contributed by atoms with Crippen molar-refractivity contribution in [3.8, 4) is 0 Å². The zero-order valence-corrected chi connectivity index (χ0v) is 22.3. The van der Waals surface area contributed by atoms with E-state index in [4.69, 9.17) is 14.2 Å². The summed E-state index contributed by atoms with van der Waals surface area (Å²) in [7, 11) is 0. The van der Waals surface area contributed by atoms with Crippen molar-refractivity contribution in [3.05, 3.63) is 108 Å². The average molecular weight is 498 g/mol. The fraction of sp³-hybridized carbons (Fsp3) is 0.455. The second kappa shape index (κ2) is 9.67. The van der Waals surface area contributed by atoms with Gasteiger partial charge in [0.1, 0.15) is 35.5 Å². The van der Waals surface area contributed by atoms with Crippen LogP contribution in [0.3, 0.4) is 0 Å². The van der Waals surface area contributed by atoms with E-state index in [2.05, 4.69) is 117 Å². The molecule has 6 rings (SSSR count). The molecule has 194 valence electrons. The van der Waals surface area contributed by atoms with Crippen molar-refractivity contribution >= 4 is 0 Å². The minimum absolute atomic E-state index is 0.120. The molecule has 3 heterocycles. The van der Waals surface area contributed by atoms with E-state index in [0.29, 0.717) is 0 Å². The predicted octanol–water partition coefficient (Wildman–Crippen LogP) is 6.53. The topological polar surface area (TPSA) is 30.9 Å². The first-order valence-corrected chi connectivity index (χ1v) is 13.8. The number of benzene rings is 3. The van der Waals surface area contributed by atoms with Gasteiger partial charge in [-0.25, -0.2) is 4.90 Å². The monoisotopic (exact) mass is 497 g/mol. The van der Waals surface area contributed by atoms with E-state index >= 15 is 0 Å². The molecule has 4 heteroatoms. The molecule has 3 fully saturated rings. The summed E-state index contributed by atoms with van der Waals surface area (Å²) in [5, 5.41) is 0. The highest BCUT2D eigenvalue weighted by Gasteiger charge is 2.72. The van der Waals surface area contributed by atoms with Gasteiger partial charge in [-0.3, -0.25) is 0 Å². The number of nitrogens with zero attached hydrogens (tertiary/aromatic N) is 1. The first-order valence-electron chi connectivity index (χ1n) is 13.8. The molecule has 3 aromatic carbocycles. The Balaban J connectivity index is 1.26. The average Bonchev–Trinajstić information content (AvgIpc) is 3.50. The van der Waals surface area contributed by atoms with Gasteiger partial charge in [0.2, 0.25) is 0 Å². The van der Waals surface area contributed by atoms with Crippen molar-refractivity contribution in [2.45, 2.75) is 94.8 Å². The summed E-state index contributed by atoms with van der Waals surface area (Å²) in [5.41, 5.74) is 2.81. The lowest BCUT2D eigenvalue weighted by molar-refractivity contribution is -0.135. The first-order chi connectivity index (χ1) is 17.9. The summed E-state index contributed by atoms with van der Waals surface area (Å²) in [5.74, 6) is 0. The SMILES string of the molecule is C[C@]1(CCc2ccccc2)O[C@@H]2N3[C@H]1O[C@@](C)(CCc1ccccc1)[C@@H]3O[C@]2(C)CCc1ccccc1. The smallest absolute Gasteiger partial charge is 0.144 e. The summed E-state index contributed by atoms with van der Waals surface area (Å²) < 4.78 is 20.9. The Kier molecular flexibility index (Phi) is 6.48. The van der Waals surface area contributed by atoms with Crippen molar-refractivity contribution in [1.29, 1.82) is 0 Å². The first kappa shape index (κ1) is 24.8. The molecule has 3 aromatic rings. The van der Waals surface area contributed by atoms with Crippen LogP contribution >= 0.6 is 0 Å². The lowest BCUT2D eigenvalue weighted by Gasteiger charge is -2.32. The Labute approximate surface area is 221 Å². The highest BCUT2D eigenvalue weighted by molar-refractivity contribution is 5.20. The van der Waals surface area contributed by atoms with Gasteiger partial charge in [0.05, 0.1) is 0 Å². The van der Waals surface area contributed by atoms with Gasteiger partial charge in [0, 0.05) is 0 Å². The maximum Gasteiger partial charge on any atom is 0.144 e. The summed E-state index contributed by atoms with van der Waals surface area (Å²) in [6.45, 7) is 6.74. The zero-order valence-electron chi connectivity index (χ0n) is 22.3. The molecule has 4 nitrogen and oxygen atoms in total. The Morgan fingerprint density at radius 3 is 1.03 bits per heavy atom. The van der Waals surface area contributed by atoms with Gasteiger partial charge >= 0.3 is 0 Å². The predicted molar refractivity (Wildman–Crippen MR) is 146 cm³/mol. The number of aryl methyl sites for hydroxylation is 3. The van der Waals surface area contributed by atoms with Gasteiger partial charge in [-0.15, -0.1) is 0 Å². The van der Waals surface area contributed by atoms with Crippen LogP contribution in [0.1, 0.15) is 56.7 Å². The van der Waals surface area contributed by atoms with Crippen molar-refractivity contribution in [3.63, 3.8) is 0 Å². The second-order valence-corrected chi connectivity index (χ2v) is 11.8. The van der Waals surface area contributed by atoms with E-state index in [-0.39, 0.29) is 18.7 Å². The fourth-order valence-electron chi connectivity index (χ4n) is 6.47. The van der Waals surface area contributed by atoms with Crippen LogP contribution in [0.25, 0.3) is 0 Å².